The van der Waals surface area contributed by atoms with Gasteiger partial charge >= 0.3 is 0 Å². The zero-order valence-corrected chi connectivity index (χ0v) is 35.3. The van der Waals surface area contributed by atoms with Gasteiger partial charge in [0.2, 0.25) is 5.91 Å². The van der Waals surface area contributed by atoms with Crippen LogP contribution in [-0.2, 0) is 19.9 Å². The molecular formula is C51H79NO3. The molecule has 1 N–H and O–H groups in total. The molecule has 1 amide bonds. The van der Waals surface area contributed by atoms with Crippen LogP contribution in [0.5, 0.6) is 0 Å². The molecular weight excluding hydrogens is 675 g/mol. The fraction of sp³-hybridized carbons (Fsp3) is 0.627. The summed E-state index contributed by atoms with van der Waals surface area (Å²) in [5.74, 6) is 0.117. The lowest BCUT2D eigenvalue weighted by atomic mass is 9.80. The molecule has 4 heteroatoms. The first-order valence-corrected chi connectivity index (χ1v) is 22.9. The first kappa shape index (κ1) is 46.4. The van der Waals surface area contributed by atoms with Crippen molar-refractivity contribution in [3.8, 4) is 0 Å². The zero-order valence-electron chi connectivity index (χ0n) is 35.3. The highest BCUT2D eigenvalue weighted by Crippen LogP contribution is 2.40. The zero-order chi connectivity index (χ0) is 38.9. The highest BCUT2D eigenvalue weighted by Gasteiger charge is 2.38. The van der Waals surface area contributed by atoms with E-state index in [-0.39, 0.29) is 12.0 Å². The van der Waals surface area contributed by atoms with Crippen molar-refractivity contribution in [2.75, 3.05) is 19.8 Å². The van der Waals surface area contributed by atoms with Crippen molar-refractivity contribution in [1.82, 2.24) is 5.32 Å². The lowest BCUT2D eigenvalue weighted by Gasteiger charge is -2.37. The van der Waals surface area contributed by atoms with Gasteiger partial charge in [0, 0.05) is 19.6 Å². The van der Waals surface area contributed by atoms with Crippen LogP contribution in [0.2, 0.25) is 0 Å². The standard InChI is InChI=1S/C51H79NO3/c1-3-5-7-9-11-13-14-15-16-17-18-19-21-23-34-42-50(53)52-44-49(54-43-35-24-22-20-12-10-8-6-4-2)45-55-51(46-36-28-25-29-37-46,47-38-30-26-31-39-47)48-40-32-27-33-41-48/h25-33,36-41,49H,3-24,34-35,42-45H2,1-2H3,(H,52,53). The highest BCUT2D eigenvalue weighted by atomic mass is 16.5. The van der Waals surface area contributed by atoms with Crippen LogP contribution >= 0.6 is 0 Å². The summed E-state index contributed by atoms with van der Waals surface area (Å²) in [6, 6.07) is 31.5. The average Bonchev–Trinajstić information content (AvgIpc) is 3.23. The molecule has 0 saturated carbocycles. The van der Waals surface area contributed by atoms with E-state index >= 15 is 0 Å². The molecule has 55 heavy (non-hydrogen) atoms. The molecule has 0 heterocycles. The van der Waals surface area contributed by atoms with Gasteiger partial charge in [-0.25, -0.2) is 0 Å². The van der Waals surface area contributed by atoms with Gasteiger partial charge in [-0.15, -0.1) is 0 Å². The van der Waals surface area contributed by atoms with Crippen molar-refractivity contribution in [1.29, 1.82) is 0 Å². The summed E-state index contributed by atoms with van der Waals surface area (Å²) in [6.45, 7) is 6.04. The van der Waals surface area contributed by atoms with Gasteiger partial charge in [0.15, 0.2) is 0 Å². The molecule has 0 aliphatic carbocycles. The molecule has 306 valence electrons. The first-order valence-electron chi connectivity index (χ1n) is 22.9. The predicted molar refractivity (Wildman–Crippen MR) is 235 cm³/mol. The maximum atomic E-state index is 13.1. The minimum Gasteiger partial charge on any atom is -0.374 e. The maximum Gasteiger partial charge on any atom is 0.220 e. The Labute approximate surface area is 338 Å². The van der Waals surface area contributed by atoms with Crippen LogP contribution in [-0.4, -0.2) is 31.8 Å². The lowest BCUT2D eigenvalue weighted by Crippen LogP contribution is -2.41. The second kappa shape index (κ2) is 31.2. The molecule has 0 radical (unpaired) electrons. The van der Waals surface area contributed by atoms with Crippen LogP contribution < -0.4 is 5.32 Å². The molecule has 0 aromatic heterocycles. The van der Waals surface area contributed by atoms with Crippen molar-refractivity contribution in [2.24, 2.45) is 0 Å². The molecule has 0 aliphatic rings. The second-order valence-corrected chi connectivity index (χ2v) is 15.9. The Morgan fingerprint density at radius 2 is 0.836 bits per heavy atom. The van der Waals surface area contributed by atoms with Gasteiger partial charge in [-0.05, 0) is 29.5 Å². The third-order valence-electron chi connectivity index (χ3n) is 11.2. The first-order chi connectivity index (χ1) is 27.2. The number of carbonyl (C=O) groups excluding carboxylic acids is 1. The average molecular weight is 754 g/mol. The number of benzene rings is 3. The predicted octanol–water partition coefficient (Wildman–Crippen LogP) is 14.3. The van der Waals surface area contributed by atoms with E-state index in [1.807, 2.05) is 0 Å². The molecule has 3 rings (SSSR count). The van der Waals surface area contributed by atoms with E-state index in [9.17, 15) is 4.79 Å². The summed E-state index contributed by atoms with van der Waals surface area (Å²) < 4.78 is 13.7. The van der Waals surface area contributed by atoms with Gasteiger partial charge in [0.1, 0.15) is 5.60 Å². The minimum absolute atomic E-state index is 0.117. The van der Waals surface area contributed by atoms with Crippen LogP contribution in [0.4, 0.5) is 0 Å². The summed E-state index contributed by atoms with van der Waals surface area (Å²) >= 11 is 0. The van der Waals surface area contributed by atoms with Crippen LogP contribution in [0.15, 0.2) is 91.0 Å². The molecule has 0 aliphatic heterocycles. The number of rotatable bonds is 35. The topological polar surface area (TPSA) is 47.6 Å². The van der Waals surface area contributed by atoms with Crippen LogP contribution in [0.1, 0.15) is 191 Å². The molecule has 0 spiro atoms. The van der Waals surface area contributed by atoms with Crippen LogP contribution in [0.25, 0.3) is 0 Å². The summed E-state index contributed by atoms with van der Waals surface area (Å²) in [5.41, 5.74) is 2.40. The number of nitrogens with one attached hydrogen (secondary N) is 1. The number of hydrogen-bond donors (Lipinski definition) is 1. The van der Waals surface area contributed by atoms with Crippen molar-refractivity contribution in [3.63, 3.8) is 0 Å². The summed E-state index contributed by atoms with van der Waals surface area (Å²) in [5, 5.41) is 3.23. The van der Waals surface area contributed by atoms with Gasteiger partial charge in [0.25, 0.3) is 0 Å². The van der Waals surface area contributed by atoms with E-state index < -0.39 is 5.60 Å². The Morgan fingerprint density at radius 1 is 0.491 bits per heavy atom. The molecule has 3 aromatic carbocycles. The number of hydrogen-bond acceptors (Lipinski definition) is 3. The Bertz CT molecular complexity index is 1200. The summed E-state index contributed by atoms with van der Waals surface area (Å²) in [4.78, 5) is 13.1. The number of unbranched alkanes of at least 4 members (excludes halogenated alkanes) is 22. The third kappa shape index (κ3) is 19.7. The quantitative estimate of drug-likeness (QED) is 0.0481. The Kier molecular flexibility index (Phi) is 26.3. The smallest absolute Gasteiger partial charge is 0.220 e. The van der Waals surface area contributed by atoms with E-state index in [1.54, 1.807) is 0 Å². The van der Waals surface area contributed by atoms with Gasteiger partial charge in [-0.3, -0.25) is 4.79 Å². The fourth-order valence-electron chi connectivity index (χ4n) is 7.79. The third-order valence-corrected chi connectivity index (χ3v) is 11.2. The van der Waals surface area contributed by atoms with Crippen molar-refractivity contribution >= 4 is 5.91 Å². The van der Waals surface area contributed by atoms with Gasteiger partial charge < -0.3 is 14.8 Å². The SMILES string of the molecule is CCCCCCCCCCCCCCCCCC(=O)NCC(COC(c1ccccc1)(c1ccccc1)c1ccccc1)OCCCCCCCCCCC. The molecule has 0 fully saturated rings. The molecule has 3 aromatic rings. The molecule has 0 saturated heterocycles. The van der Waals surface area contributed by atoms with Crippen LogP contribution in [0.3, 0.4) is 0 Å². The van der Waals surface area contributed by atoms with E-state index in [0.717, 1.165) is 36.0 Å². The highest BCUT2D eigenvalue weighted by molar-refractivity contribution is 5.75. The second-order valence-electron chi connectivity index (χ2n) is 15.9. The number of ether oxygens (including phenoxy) is 2. The van der Waals surface area contributed by atoms with Gasteiger partial charge in [-0.1, -0.05) is 246 Å². The van der Waals surface area contributed by atoms with E-state index in [1.165, 1.54) is 135 Å². The normalized spacial score (nSPS) is 12.2. The van der Waals surface area contributed by atoms with E-state index in [4.69, 9.17) is 9.47 Å². The maximum absolute atomic E-state index is 13.1. The molecule has 4 nitrogen and oxygen atoms in total. The number of amides is 1. The Hall–Kier alpha value is -2.95. The minimum atomic E-state index is -0.818. The van der Waals surface area contributed by atoms with Crippen LogP contribution in [0, 0.1) is 0 Å². The molecule has 0 bridgehead atoms. The van der Waals surface area contributed by atoms with Crippen molar-refractivity contribution in [2.45, 2.75) is 186 Å². The van der Waals surface area contributed by atoms with Gasteiger partial charge in [0.05, 0.1) is 12.7 Å². The Morgan fingerprint density at radius 3 is 1.22 bits per heavy atom. The molecule has 1 atom stereocenters. The van der Waals surface area contributed by atoms with Crippen molar-refractivity contribution < 1.29 is 14.3 Å². The largest absolute Gasteiger partial charge is 0.374 e. The Balaban J connectivity index is 1.49. The fourth-order valence-corrected chi connectivity index (χ4v) is 7.79. The van der Waals surface area contributed by atoms with Crippen molar-refractivity contribution in [3.05, 3.63) is 108 Å². The monoisotopic (exact) mass is 754 g/mol. The number of carbonyl (C=O) groups is 1. The van der Waals surface area contributed by atoms with E-state index in [2.05, 4.69) is 110 Å². The molecule has 1 unspecified atom stereocenters. The lowest BCUT2D eigenvalue weighted by molar-refractivity contribution is -0.122. The summed E-state index contributed by atoms with van der Waals surface area (Å²) in [6.07, 6.45) is 31.7. The summed E-state index contributed by atoms with van der Waals surface area (Å²) in [7, 11) is 0. The van der Waals surface area contributed by atoms with E-state index in [0.29, 0.717) is 26.2 Å². The van der Waals surface area contributed by atoms with Gasteiger partial charge in [-0.2, -0.15) is 0 Å².